The number of imidazole rings is 1. The average Bonchev–Trinajstić information content (AvgIpc) is 2.78. The number of pyridine rings is 1. The number of nitrogens with one attached hydrogen (secondary N) is 1. The number of aromatic carboxylic acids is 1. The molecule has 94 valence electrons. The van der Waals surface area contributed by atoms with Crippen molar-refractivity contribution in [1.82, 2.24) is 9.38 Å². The molecule has 3 rings (SSSR count). The van der Waals surface area contributed by atoms with Gasteiger partial charge in [0.1, 0.15) is 0 Å². The standard InChI is InChI=1S/C14H10N2O3/c17-13(18)11-12-10(9-5-2-1-3-6-9)7-4-8-16(12)14(19)15-11/h1-8H,(H,15,19)(H,17,18). The lowest BCUT2D eigenvalue weighted by Crippen LogP contribution is -2.08. The van der Waals surface area contributed by atoms with Gasteiger partial charge in [0.05, 0.1) is 5.52 Å². The molecule has 0 aliphatic heterocycles. The fourth-order valence-corrected chi connectivity index (χ4v) is 2.16. The van der Waals surface area contributed by atoms with Crippen LogP contribution < -0.4 is 5.69 Å². The molecule has 0 fully saturated rings. The Labute approximate surface area is 107 Å². The summed E-state index contributed by atoms with van der Waals surface area (Å²) in [6.45, 7) is 0. The molecule has 2 aromatic heterocycles. The molecule has 1 aromatic carbocycles. The lowest BCUT2D eigenvalue weighted by Gasteiger charge is -2.04. The fraction of sp³-hybridized carbons (Fsp3) is 0. The summed E-state index contributed by atoms with van der Waals surface area (Å²) in [4.78, 5) is 25.3. The molecule has 2 heterocycles. The van der Waals surface area contributed by atoms with Crippen molar-refractivity contribution in [2.24, 2.45) is 0 Å². The number of hydrogen-bond donors (Lipinski definition) is 2. The zero-order valence-electron chi connectivity index (χ0n) is 9.83. The van der Waals surface area contributed by atoms with Crippen molar-refractivity contribution in [1.29, 1.82) is 0 Å². The highest BCUT2D eigenvalue weighted by atomic mass is 16.4. The first-order chi connectivity index (χ1) is 9.18. The number of carbonyl (C=O) groups is 1. The smallest absolute Gasteiger partial charge is 0.354 e. The fourth-order valence-electron chi connectivity index (χ4n) is 2.16. The van der Waals surface area contributed by atoms with Crippen molar-refractivity contribution >= 4 is 11.5 Å². The van der Waals surface area contributed by atoms with E-state index in [1.54, 1.807) is 18.3 Å². The second kappa shape index (κ2) is 4.13. The second-order valence-corrected chi connectivity index (χ2v) is 4.12. The summed E-state index contributed by atoms with van der Waals surface area (Å²) in [7, 11) is 0. The number of H-pyrrole nitrogens is 1. The van der Waals surface area contributed by atoms with Crippen LogP contribution in [-0.4, -0.2) is 20.5 Å². The molecule has 0 saturated heterocycles. The summed E-state index contributed by atoms with van der Waals surface area (Å²) in [6.07, 6.45) is 1.55. The van der Waals surface area contributed by atoms with Crippen LogP contribution in [0.2, 0.25) is 0 Å². The largest absolute Gasteiger partial charge is 0.477 e. The lowest BCUT2D eigenvalue weighted by molar-refractivity contribution is 0.0693. The molecule has 0 unspecified atom stereocenters. The van der Waals surface area contributed by atoms with Gasteiger partial charge in [0.15, 0.2) is 5.69 Å². The molecule has 5 heteroatoms. The monoisotopic (exact) mass is 254 g/mol. The topological polar surface area (TPSA) is 74.6 Å². The molecule has 0 atom stereocenters. The molecule has 0 aliphatic rings. The maximum absolute atomic E-state index is 11.7. The number of rotatable bonds is 2. The number of aromatic nitrogens is 2. The van der Waals surface area contributed by atoms with Gasteiger partial charge in [-0.05, 0) is 11.6 Å². The highest BCUT2D eigenvalue weighted by molar-refractivity contribution is 5.99. The minimum Gasteiger partial charge on any atom is -0.477 e. The third kappa shape index (κ3) is 1.72. The van der Waals surface area contributed by atoms with Gasteiger partial charge in [0.25, 0.3) is 0 Å². The van der Waals surface area contributed by atoms with Gasteiger partial charge >= 0.3 is 11.7 Å². The molecular formula is C14H10N2O3. The van der Waals surface area contributed by atoms with Crippen LogP contribution in [0.1, 0.15) is 10.5 Å². The number of benzene rings is 1. The highest BCUT2D eigenvalue weighted by Crippen LogP contribution is 2.25. The van der Waals surface area contributed by atoms with Gasteiger partial charge in [-0.25, -0.2) is 9.59 Å². The van der Waals surface area contributed by atoms with E-state index in [4.69, 9.17) is 0 Å². The lowest BCUT2D eigenvalue weighted by atomic mass is 10.0. The number of nitrogens with zero attached hydrogens (tertiary/aromatic N) is 1. The van der Waals surface area contributed by atoms with Crippen LogP contribution in [-0.2, 0) is 0 Å². The molecule has 0 spiro atoms. The Morgan fingerprint density at radius 3 is 2.53 bits per heavy atom. The summed E-state index contributed by atoms with van der Waals surface area (Å²) in [5, 5.41) is 9.18. The molecule has 0 bridgehead atoms. The van der Waals surface area contributed by atoms with Gasteiger partial charge in [0.2, 0.25) is 0 Å². The van der Waals surface area contributed by atoms with E-state index in [9.17, 15) is 14.7 Å². The molecule has 19 heavy (non-hydrogen) atoms. The van der Waals surface area contributed by atoms with Crippen molar-refractivity contribution in [3.05, 3.63) is 64.8 Å². The summed E-state index contributed by atoms with van der Waals surface area (Å²) in [5.74, 6) is -1.15. The van der Waals surface area contributed by atoms with Crippen LogP contribution in [0.25, 0.3) is 16.6 Å². The molecule has 0 saturated carbocycles. The van der Waals surface area contributed by atoms with E-state index >= 15 is 0 Å². The number of fused-ring (bicyclic) bond motifs is 1. The molecule has 2 N–H and O–H groups in total. The Kier molecular flexibility index (Phi) is 2.45. The molecule has 0 amide bonds. The second-order valence-electron chi connectivity index (χ2n) is 4.12. The third-order valence-corrected chi connectivity index (χ3v) is 2.98. The van der Waals surface area contributed by atoms with Crippen LogP contribution in [0.3, 0.4) is 0 Å². The summed E-state index contributed by atoms with van der Waals surface area (Å²) in [6, 6.07) is 12.9. The molecular weight excluding hydrogens is 244 g/mol. The first-order valence-electron chi connectivity index (χ1n) is 5.70. The molecule has 0 aliphatic carbocycles. The van der Waals surface area contributed by atoms with Crippen LogP contribution >= 0.6 is 0 Å². The number of carboxylic acid groups (broad SMARTS) is 1. The minimum atomic E-state index is -1.15. The predicted molar refractivity (Wildman–Crippen MR) is 70.4 cm³/mol. The van der Waals surface area contributed by atoms with E-state index in [0.29, 0.717) is 11.1 Å². The average molecular weight is 254 g/mol. The van der Waals surface area contributed by atoms with Crippen molar-refractivity contribution in [3.8, 4) is 11.1 Å². The first-order valence-corrected chi connectivity index (χ1v) is 5.70. The number of carboxylic acids is 1. The van der Waals surface area contributed by atoms with Crippen molar-refractivity contribution in [3.63, 3.8) is 0 Å². The number of hydrogen-bond acceptors (Lipinski definition) is 2. The SMILES string of the molecule is O=C(O)c1[nH]c(=O)n2cccc(-c3ccccc3)c12. The van der Waals surface area contributed by atoms with Crippen molar-refractivity contribution < 1.29 is 9.90 Å². The molecule has 5 nitrogen and oxygen atoms in total. The van der Waals surface area contributed by atoms with Gasteiger partial charge in [0, 0.05) is 11.8 Å². The summed E-state index contributed by atoms with van der Waals surface area (Å²) < 4.78 is 1.31. The maximum Gasteiger partial charge on any atom is 0.354 e. The van der Waals surface area contributed by atoms with Crippen molar-refractivity contribution in [2.45, 2.75) is 0 Å². The predicted octanol–water partition coefficient (Wildman–Crippen LogP) is 1.99. The highest BCUT2D eigenvalue weighted by Gasteiger charge is 2.17. The Morgan fingerprint density at radius 1 is 1.11 bits per heavy atom. The van der Waals surface area contributed by atoms with E-state index in [1.165, 1.54) is 4.40 Å². The minimum absolute atomic E-state index is 0.0931. The van der Waals surface area contributed by atoms with E-state index in [2.05, 4.69) is 4.98 Å². The summed E-state index contributed by atoms with van der Waals surface area (Å²) in [5.41, 5.74) is 1.40. The van der Waals surface area contributed by atoms with Crippen LogP contribution in [0, 0.1) is 0 Å². The van der Waals surface area contributed by atoms with Crippen LogP contribution in [0.4, 0.5) is 0 Å². The quantitative estimate of drug-likeness (QED) is 0.734. The van der Waals surface area contributed by atoms with Crippen molar-refractivity contribution in [2.75, 3.05) is 0 Å². The van der Waals surface area contributed by atoms with E-state index in [0.717, 1.165) is 5.56 Å². The number of aromatic amines is 1. The first kappa shape index (κ1) is 11.3. The Hall–Kier alpha value is -2.82. The van der Waals surface area contributed by atoms with Gasteiger partial charge in [-0.3, -0.25) is 9.38 Å². The van der Waals surface area contributed by atoms with Gasteiger partial charge in [-0.2, -0.15) is 0 Å². The van der Waals surface area contributed by atoms with Crippen LogP contribution in [0.5, 0.6) is 0 Å². The van der Waals surface area contributed by atoms with Crippen LogP contribution in [0.15, 0.2) is 53.5 Å². The van der Waals surface area contributed by atoms with E-state index in [1.807, 2.05) is 30.3 Å². The van der Waals surface area contributed by atoms with E-state index in [-0.39, 0.29) is 5.69 Å². The molecule has 0 radical (unpaired) electrons. The van der Waals surface area contributed by atoms with Gasteiger partial charge in [-0.15, -0.1) is 0 Å². The normalized spacial score (nSPS) is 10.7. The van der Waals surface area contributed by atoms with Gasteiger partial charge in [-0.1, -0.05) is 36.4 Å². The molecule has 3 aromatic rings. The Morgan fingerprint density at radius 2 is 1.84 bits per heavy atom. The third-order valence-electron chi connectivity index (χ3n) is 2.98. The summed E-state index contributed by atoms with van der Waals surface area (Å²) >= 11 is 0. The maximum atomic E-state index is 11.7. The van der Waals surface area contributed by atoms with Gasteiger partial charge < -0.3 is 5.11 Å². The van der Waals surface area contributed by atoms with E-state index < -0.39 is 11.7 Å². The Bertz CT molecular complexity index is 816. The zero-order chi connectivity index (χ0) is 13.4. The Balaban J connectivity index is 2.44. The zero-order valence-corrected chi connectivity index (χ0v) is 9.83.